The van der Waals surface area contributed by atoms with Gasteiger partial charge in [0.2, 0.25) is 0 Å². The third-order valence-corrected chi connectivity index (χ3v) is 3.81. The van der Waals surface area contributed by atoms with Gasteiger partial charge in [-0.1, -0.05) is 30.3 Å². The number of imidazole rings is 1. The molecule has 0 aliphatic rings. The minimum absolute atomic E-state index is 0.674. The third kappa shape index (κ3) is 3.58. The lowest BCUT2D eigenvalue weighted by molar-refractivity contribution is 0.707. The van der Waals surface area contributed by atoms with Gasteiger partial charge in [-0.2, -0.15) is 5.26 Å². The molecule has 0 atom stereocenters. The van der Waals surface area contributed by atoms with Gasteiger partial charge in [0.15, 0.2) is 0 Å². The van der Waals surface area contributed by atoms with E-state index in [1.165, 1.54) is 5.56 Å². The van der Waals surface area contributed by atoms with Crippen LogP contribution in [-0.4, -0.2) is 16.6 Å². The summed E-state index contributed by atoms with van der Waals surface area (Å²) in [4.78, 5) is 6.61. The monoisotopic (exact) mass is 302 g/mol. The van der Waals surface area contributed by atoms with Crippen molar-refractivity contribution in [1.82, 2.24) is 9.55 Å². The highest BCUT2D eigenvalue weighted by Gasteiger charge is 2.08. The Balaban J connectivity index is 1.73. The van der Waals surface area contributed by atoms with Gasteiger partial charge in [0.25, 0.3) is 0 Å². The number of benzene rings is 2. The van der Waals surface area contributed by atoms with Crippen LogP contribution in [-0.2, 0) is 13.1 Å². The zero-order chi connectivity index (χ0) is 16.1. The topological polar surface area (TPSA) is 44.9 Å². The zero-order valence-corrected chi connectivity index (χ0v) is 13.1. The van der Waals surface area contributed by atoms with E-state index >= 15 is 0 Å². The second-order valence-corrected chi connectivity index (χ2v) is 5.47. The molecule has 0 fully saturated rings. The normalized spacial score (nSPS) is 10.3. The van der Waals surface area contributed by atoms with Crippen LogP contribution < -0.4 is 4.90 Å². The number of hydrogen-bond acceptors (Lipinski definition) is 3. The second-order valence-electron chi connectivity index (χ2n) is 5.47. The molecule has 23 heavy (non-hydrogen) atoms. The van der Waals surface area contributed by atoms with E-state index in [0.29, 0.717) is 12.1 Å². The molecule has 1 aromatic heterocycles. The first-order valence-corrected chi connectivity index (χ1v) is 7.51. The largest absolute Gasteiger partial charge is 0.367 e. The summed E-state index contributed by atoms with van der Waals surface area (Å²) in [6, 6.07) is 20.1. The summed E-state index contributed by atoms with van der Waals surface area (Å²) < 4.78 is 2.16. The van der Waals surface area contributed by atoms with E-state index in [1.54, 1.807) is 0 Å². The van der Waals surface area contributed by atoms with Crippen LogP contribution in [0.2, 0.25) is 0 Å². The fraction of sp³-hybridized carbons (Fsp3) is 0.158. The molecule has 2 aromatic carbocycles. The number of anilines is 1. The van der Waals surface area contributed by atoms with E-state index in [9.17, 15) is 0 Å². The lowest BCUT2D eigenvalue weighted by Crippen LogP contribution is -2.19. The van der Waals surface area contributed by atoms with Gasteiger partial charge in [-0.15, -0.1) is 0 Å². The zero-order valence-electron chi connectivity index (χ0n) is 13.1. The van der Waals surface area contributed by atoms with Gasteiger partial charge in [-0.25, -0.2) is 4.98 Å². The standard InChI is InChI=1S/C19H18N4/c1-22(18-9-7-16(13-20)8-10-18)15-19-21-11-12-23(19)14-17-5-3-2-4-6-17/h2-12H,14-15H2,1H3. The molecule has 0 saturated heterocycles. The van der Waals surface area contributed by atoms with Crippen molar-refractivity contribution in [3.8, 4) is 6.07 Å². The van der Waals surface area contributed by atoms with Crippen molar-refractivity contribution in [3.63, 3.8) is 0 Å². The Labute approximate surface area is 136 Å². The molecular weight excluding hydrogens is 284 g/mol. The third-order valence-electron chi connectivity index (χ3n) is 3.81. The summed E-state index contributed by atoms with van der Waals surface area (Å²) >= 11 is 0. The maximum atomic E-state index is 8.87. The lowest BCUT2D eigenvalue weighted by Gasteiger charge is -2.19. The van der Waals surface area contributed by atoms with Crippen molar-refractivity contribution < 1.29 is 0 Å². The molecule has 0 saturated carbocycles. The summed E-state index contributed by atoms with van der Waals surface area (Å²) in [6.07, 6.45) is 3.85. The van der Waals surface area contributed by atoms with Crippen LogP contribution in [0, 0.1) is 11.3 Å². The molecule has 0 aliphatic carbocycles. The maximum absolute atomic E-state index is 8.87. The van der Waals surface area contributed by atoms with Gasteiger partial charge in [-0.05, 0) is 29.8 Å². The van der Waals surface area contributed by atoms with Gasteiger partial charge < -0.3 is 9.47 Å². The summed E-state index contributed by atoms with van der Waals surface area (Å²) in [7, 11) is 2.03. The molecule has 4 heteroatoms. The Kier molecular flexibility index (Phi) is 4.39. The Hall–Kier alpha value is -3.06. The van der Waals surface area contributed by atoms with Crippen LogP contribution in [0.5, 0.6) is 0 Å². The Morgan fingerprint density at radius 1 is 1.09 bits per heavy atom. The van der Waals surface area contributed by atoms with Crippen LogP contribution in [0.25, 0.3) is 0 Å². The molecule has 0 amide bonds. The first kappa shape index (κ1) is 14.9. The van der Waals surface area contributed by atoms with E-state index in [1.807, 2.05) is 49.8 Å². The highest BCUT2D eigenvalue weighted by molar-refractivity contribution is 5.49. The fourth-order valence-corrected chi connectivity index (χ4v) is 2.51. The minimum atomic E-state index is 0.674. The first-order chi connectivity index (χ1) is 11.3. The van der Waals surface area contributed by atoms with Crippen molar-refractivity contribution >= 4 is 5.69 Å². The minimum Gasteiger partial charge on any atom is -0.367 e. The summed E-state index contributed by atoms with van der Waals surface area (Å²) in [5.41, 5.74) is 3.00. The van der Waals surface area contributed by atoms with Crippen LogP contribution in [0.3, 0.4) is 0 Å². The lowest BCUT2D eigenvalue weighted by atomic mass is 10.2. The Bertz CT molecular complexity index is 797. The first-order valence-electron chi connectivity index (χ1n) is 7.51. The van der Waals surface area contributed by atoms with Gasteiger partial charge in [-0.3, -0.25) is 0 Å². The number of nitriles is 1. The molecule has 1 heterocycles. The predicted octanol–water partition coefficient (Wildman–Crippen LogP) is 3.44. The van der Waals surface area contributed by atoms with Crippen molar-refractivity contribution in [3.05, 3.63) is 83.9 Å². The maximum Gasteiger partial charge on any atom is 0.128 e. The summed E-state index contributed by atoms with van der Waals surface area (Å²) in [5.74, 6) is 1.01. The number of aromatic nitrogens is 2. The van der Waals surface area contributed by atoms with Crippen LogP contribution in [0.4, 0.5) is 5.69 Å². The van der Waals surface area contributed by atoms with E-state index in [4.69, 9.17) is 5.26 Å². The average Bonchev–Trinajstić information content (AvgIpc) is 3.02. The van der Waals surface area contributed by atoms with Crippen molar-refractivity contribution in [1.29, 1.82) is 5.26 Å². The van der Waals surface area contributed by atoms with Gasteiger partial charge in [0.05, 0.1) is 18.2 Å². The highest BCUT2D eigenvalue weighted by Crippen LogP contribution is 2.16. The number of rotatable bonds is 5. The van der Waals surface area contributed by atoms with E-state index in [-0.39, 0.29) is 0 Å². The molecule has 3 rings (SSSR count). The van der Waals surface area contributed by atoms with Crippen molar-refractivity contribution in [2.24, 2.45) is 0 Å². The van der Waals surface area contributed by atoms with E-state index in [2.05, 4.69) is 44.8 Å². The Morgan fingerprint density at radius 3 is 2.52 bits per heavy atom. The SMILES string of the molecule is CN(Cc1nccn1Cc1ccccc1)c1ccc(C#N)cc1. The quantitative estimate of drug-likeness (QED) is 0.725. The van der Waals surface area contributed by atoms with Gasteiger partial charge in [0, 0.05) is 31.7 Å². The van der Waals surface area contributed by atoms with Gasteiger partial charge >= 0.3 is 0 Å². The second kappa shape index (κ2) is 6.80. The van der Waals surface area contributed by atoms with E-state index in [0.717, 1.165) is 18.1 Å². The molecule has 114 valence electrons. The van der Waals surface area contributed by atoms with Crippen LogP contribution in [0.15, 0.2) is 67.0 Å². The molecular formula is C19H18N4. The molecule has 0 spiro atoms. The predicted molar refractivity (Wildman–Crippen MR) is 91.0 cm³/mol. The van der Waals surface area contributed by atoms with Crippen molar-refractivity contribution in [2.45, 2.75) is 13.1 Å². The number of nitrogens with zero attached hydrogens (tertiary/aromatic N) is 4. The highest BCUT2D eigenvalue weighted by atomic mass is 15.2. The molecule has 0 radical (unpaired) electrons. The number of hydrogen-bond donors (Lipinski definition) is 0. The molecule has 0 N–H and O–H groups in total. The van der Waals surface area contributed by atoms with Gasteiger partial charge in [0.1, 0.15) is 5.82 Å². The summed E-state index contributed by atoms with van der Waals surface area (Å²) in [6.45, 7) is 1.53. The summed E-state index contributed by atoms with van der Waals surface area (Å²) in [5, 5.41) is 8.87. The van der Waals surface area contributed by atoms with E-state index < -0.39 is 0 Å². The smallest absolute Gasteiger partial charge is 0.128 e. The average molecular weight is 302 g/mol. The van der Waals surface area contributed by atoms with Crippen LogP contribution >= 0.6 is 0 Å². The molecule has 0 bridgehead atoms. The molecule has 3 aromatic rings. The van der Waals surface area contributed by atoms with Crippen molar-refractivity contribution in [2.75, 3.05) is 11.9 Å². The fourth-order valence-electron chi connectivity index (χ4n) is 2.51. The molecule has 4 nitrogen and oxygen atoms in total. The van der Waals surface area contributed by atoms with Crippen LogP contribution in [0.1, 0.15) is 17.0 Å². The Morgan fingerprint density at radius 2 is 1.83 bits per heavy atom. The molecule has 0 aliphatic heterocycles. The molecule has 0 unspecified atom stereocenters.